The first-order chi connectivity index (χ1) is 7.53. The number of nitrogens with two attached hydrogens (primary N) is 1. The van der Waals surface area contributed by atoms with Gasteiger partial charge in [0.2, 0.25) is 0 Å². The molecule has 6 heteroatoms. The Morgan fingerprint density at radius 3 is 2.31 bits per heavy atom. The number of anilines is 1. The van der Waals surface area contributed by atoms with Gasteiger partial charge in [0, 0.05) is 0 Å². The van der Waals surface area contributed by atoms with Crippen LogP contribution < -0.4 is 11.0 Å². The van der Waals surface area contributed by atoms with E-state index in [4.69, 9.17) is 14.8 Å². The molecule has 0 aliphatic rings. The second-order valence-electron chi connectivity index (χ2n) is 3.04. The van der Waals surface area contributed by atoms with Crippen LogP contribution in [0.2, 0.25) is 0 Å². The van der Waals surface area contributed by atoms with Crippen molar-refractivity contribution in [1.29, 1.82) is 0 Å². The van der Waals surface area contributed by atoms with Gasteiger partial charge in [0.1, 0.15) is 5.82 Å². The molecule has 4 nitrogen and oxygen atoms in total. The van der Waals surface area contributed by atoms with Crippen molar-refractivity contribution in [2.24, 2.45) is 0 Å². The molecule has 0 atom stereocenters. The molecule has 0 aliphatic carbocycles. The Morgan fingerprint density at radius 2 is 1.88 bits per heavy atom. The number of hydrogen-bond acceptors (Lipinski definition) is 4. The molecule has 0 fully saturated rings. The predicted molar refractivity (Wildman–Crippen MR) is 61.3 cm³/mol. The smallest absolute Gasteiger partial charge is 0.361 e. The molecule has 1 aromatic carbocycles. The fourth-order valence-electron chi connectivity index (χ4n) is 1.23. The lowest BCUT2D eigenvalue weighted by Gasteiger charge is -2.17. The molecule has 16 heavy (non-hydrogen) atoms. The van der Waals surface area contributed by atoms with Crippen molar-refractivity contribution < 1.29 is 18.0 Å². The summed E-state index contributed by atoms with van der Waals surface area (Å²) in [5.74, 6) is -0.553. The molecule has 0 radical (unpaired) electrons. The normalized spacial score (nSPS) is 11.7. The molecule has 0 heterocycles. The van der Waals surface area contributed by atoms with Crippen molar-refractivity contribution in [3.8, 4) is 0 Å². The maximum absolute atomic E-state index is 13.0. The Bertz CT molecular complexity index is 401. The molecular formula is C10H15FNO3P. The van der Waals surface area contributed by atoms with Crippen molar-refractivity contribution in [3.05, 3.63) is 24.0 Å². The Kier molecular flexibility index (Phi) is 4.47. The Labute approximate surface area is 94.1 Å². The molecular weight excluding hydrogens is 232 g/mol. The molecule has 0 saturated heterocycles. The van der Waals surface area contributed by atoms with Gasteiger partial charge in [-0.2, -0.15) is 0 Å². The minimum Gasteiger partial charge on any atom is -0.396 e. The zero-order chi connectivity index (χ0) is 12.2. The predicted octanol–water partition coefficient (Wildman–Crippen LogP) is 2.30. The first-order valence-corrected chi connectivity index (χ1v) is 6.52. The third kappa shape index (κ3) is 2.82. The van der Waals surface area contributed by atoms with E-state index in [9.17, 15) is 8.96 Å². The Balaban J connectivity index is 3.11. The summed E-state index contributed by atoms with van der Waals surface area (Å²) in [6.45, 7) is 3.90. The molecule has 2 N–H and O–H groups in total. The summed E-state index contributed by atoms with van der Waals surface area (Å²) in [7, 11) is -3.37. The Morgan fingerprint density at radius 1 is 1.31 bits per heavy atom. The van der Waals surface area contributed by atoms with E-state index in [0.717, 1.165) is 6.07 Å². The molecule has 1 aromatic rings. The monoisotopic (exact) mass is 247 g/mol. The summed E-state index contributed by atoms with van der Waals surface area (Å²) in [6, 6.07) is 3.79. The summed E-state index contributed by atoms with van der Waals surface area (Å²) >= 11 is 0. The van der Waals surface area contributed by atoms with Gasteiger partial charge in [-0.25, -0.2) is 4.39 Å². The first-order valence-electron chi connectivity index (χ1n) is 4.98. The number of nitrogen functional groups attached to an aromatic ring is 1. The van der Waals surface area contributed by atoms with Gasteiger partial charge in [-0.05, 0) is 32.0 Å². The van der Waals surface area contributed by atoms with E-state index in [0.29, 0.717) is 0 Å². The van der Waals surface area contributed by atoms with Gasteiger partial charge in [0.25, 0.3) is 0 Å². The highest BCUT2D eigenvalue weighted by Crippen LogP contribution is 2.47. The van der Waals surface area contributed by atoms with Crippen molar-refractivity contribution >= 4 is 18.6 Å². The highest BCUT2D eigenvalue weighted by molar-refractivity contribution is 7.62. The second-order valence-corrected chi connectivity index (χ2v) is 5.07. The average molecular weight is 247 g/mol. The fourth-order valence-corrected chi connectivity index (χ4v) is 2.83. The van der Waals surface area contributed by atoms with E-state index in [-0.39, 0.29) is 24.2 Å². The van der Waals surface area contributed by atoms with E-state index in [1.54, 1.807) is 13.8 Å². The zero-order valence-electron chi connectivity index (χ0n) is 9.27. The standard InChI is InChI=1S/C10H15FNO3P/c1-3-14-16(13,15-4-2)8-5-6-9(11)10(12)7-8/h5-7H,3-4,12H2,1-2H3. The highest BCUT2D eigenvalue weighted by atomic mass is 31.2. The molecule has 90 valence electrons. The van der Waals surface area contributed by atoms with Crippen LogP contribution in [-0.4, -0.2) is 13.2 Å². The van der Waals surface area contributed by atoms with Crippen LogP contribution in [0.5, 0.6) is 0 Å². The van der Waals surface area contributed by atoms with Gasteiger partial charge < -0.3 is 14.8 Å². The lowest BCUT2D eigenvalue weighted by Crippen LogP contribution is -2.12. The van der Waals surface area contributed by atoms with Crippen LogP contribution in [0.1, 0.15) is 13.8 Å². The van der Waals surface area contributed by atoms with Gasteiger partial charge in [-0.1, -0.05) is 0 Å². The van der Waals surface area contributed by atoms with E-state index >= 15 is 0 Å². The van der Waals surface area contributed by atoms with E-state index in [1.807, 2.05) is 0 Å². The summed E-state index contributed by atoms with van der Waals surface area (Å²) < 4.78 is 35.4. The van der Waals surface area contributed by atoms with Crippen LogP contribution in [0.25, 0.3) is 0 Å². The van der Waals surface area contributed by atoms with Gasteiger partial charge in [0.05, 0.1) is 24.2 Å². The fraction of sp³-hybridized carbons (Fsp3) is 0.400. The summed E-state index contributed by atoms with van der Waals surface area (Å²) in [6.07, 6.45) is 0. The van der Waals surface area contributed by atoms with Crippen molar-refractivity contribution in [3.63, 3.8) is 0 Å². The Hall–Kier alpha value is -0.900. The van der Waals surface area contributed by atoms with E-state index in [1.165, 1.54) is 12.1 Å². The average Bonchev–Trinajstić information content (AvgIpc) is 2.22. The maximum atomic E-state index is 13.0. The van der Waals surface area contributed by atoms with Crippen LogP contribution in [0.3, 0.4) is 0 Å². The second kappa shape index (κ2) is 5.43. The van der Waals surface area contributed by atoms with Crippen LogP contribution in [0, 0.1) is 5.82 Å². The number of halogens is 1. The van der Waals surface area contributed by atoms with Crippen molar-refractivity contribution in [2.75, 3.05) is 18.9 Å². The zero-order valence-corrected chi connectivity index (χ0v) is 10.2. The first kappa shape index (κ1) is 13.2. The van der Waals surface area contributed by atoms with E-state index in [2.05, 4.69) is 0 Å². The quantitative estimate of drug-likeness (QED) is 0.640. The van der Waals surface area contributed by atoms with Crippen LogP contribution in [0.15, 0.2) is 18.2 Å². The largest absolute Gasteiger partial charge is 0.396 e. The van der Waals surface area contributed by atoms with Crippen LogP contribution in [0.4, 0.5) is 10.1 Å². The minimum atomic E-state index is -3.37. The molecule has 0 saturated carbocycles. The molecule has 1 rings (SSSR count). The van der Waals surface area contributed by atoms with Crippen molar-refractivity contribution in [1.82, 2.24) is 0 Å². The van der Waals surface area contributed by atoms with E-state index < -0.39 is 13.4 Å². The van der Waals surface area contributed by atoms with Crippen LogP contribution >= 0.6 is 7.60 Å². The lowest BCUT2D eigenvalue weighted by atomic mass is 10.3. The number of benzene rings is 1. The highest BCUT2D eigenvalue weighted by Gasteiger charge is 2.27. The third-order valence-corrected chi connectivity index (χ3v) is 4.00. The molecule has 0 unspecified atom stereocenters. The summed E-state index contributed by atoms with van der Waals surface area (Å²) in [5.41, 5.74) is 5.33. The lowest BCUT2D eigenvalue weighted by molar-refractivity contribution is 0.230. The number of rotatable bonds is 5. The third-order valence-electron chi connectivity index (χ3n) is 1.89. The number of hydrogen-bond donors (Lipinski definition) is 1. The van der Waals surface area contributed by atoms with Crippen molar-refractivity contribution in [2.45, 2.75) is 13.8 Å². The van der Waals surface area contributed by atoms with Gasteiger partial charge in [-0.15, -0.1) is 0 Å². The van der Waals surface area contributed by atoms with Gasteiger partial charge >= 0.3 is 7.60 Å². The summed E-state index contributed by atoms with van der Waals surface area (Å²) in [5, 5.41) is 0.273. The summed E-state index contributed by atoms with van der Waals surface area (Å²) in [4.78, 5) is 0. The molecule has 0 aliphatic heterocycles. The van der Waals surface area contributed by atoms with Gasteiger partial charge in [0.15, 0.2) is 0 Å². The molecule has 0 amide bonds. The maximum Gasteiger partial charge on any atom is 0.361 e. The SMILES string of the molecule is CCOP(=O)(OCC)c1ccc(F)c(N)c1. The topological polar surface area (TPSA) is 61.5 Å². The molecule has 0 aromatic heterocycles. The van der Waals surface area contributed by atoms with Gasteiger partial charge in [-0.3, -0.25) is 4.57 Å². The molecule has 0 spiro atoms. The van der Waals surface area contributed by atoms with Crippen LogP contribution in [-0.2, 0) is 13.6 Å². The minimum absolute atomic E-state index is 0.0721. The molecule has 0 bridgehead atoms.